The van der Waals surface area contributed by atoms with Gasteiger partial charge in [-0.2, -0.15) is 0 Å². The predicted octanol–water partition coefficient (Wildman–Crippen LogP) is 15.1. The first-order valence-electron chi connectivity index (χ1n) is 26.4. The van der Waals surface area contributed by atoms with Gasteiger partial charge in [-0.1, -0.05) is 170 Å². The molecule has 9 aromatic carbocycles. The first kappa shape index (κ1) is 35.6. The van der Waals surface area contributed by atoms with Crippen molar-refractivity contribution in [2.24, 2.45) is 0 Å². The highest BCUT2D eigenvalue weighted by Gasteiger charge is 2.45. The van der Waals surface area contributed by atoms with Crippen molar-refractivity contribution in [2.45, 2.75) is 64.7 Å². The summed E-state index contributed by atoms with van der Waals surface area (Å²) in [5, 5.41) is 0. The Morgan fingerprint density at radius 3 is 1.71 bits per heavy atom. The first-order valence-corrected chi connectivity index (χ1v) is 23.9. The van der Waals surface area contributed by atoms with E-state index in [1.165, 1.54) is 55.4 Å². The summed E-state index contributed by atoms with van der Waals surface area (Å²) in [4.78, 5) is 6.72. The van der Waals surface area contributed by atoms with E-state index in [9.17, 15) is 2.74 Å². The third kappa shape index (κ3) is 5.79. The van der Waals surface area contributed by atoms with Crippen molar-refractivity contribution in [1.82, 2.24) is 0 Å². The molecule has 4 heteroatoms. The molecule has 9 aromatic rings. The van der Waals surface area contributed by atoms with E-state index in [0.29, 0.717) is 11.4 Å². The van der Waals surface area contributed by atoms with Crippen molar-refractivity contribution in [1.29, 1.82) is 0 Å². The Bertz CT molecular complexity index is 3810. The van der Waals surface area contributed by atoms with Gasteiger partial charge in [0.15, 0.2) is 0 Å². The molecule has 328 valence electrons. The molecule has 0 bridgehead atoms. The van der Waals surface area contributed by atoms with Crippen LogP contribution in [0.2, 0.25) is 0 Å². The minimum atomic E-state index is -0.425. The van der Waals surface area contributed by atoms with Crippen molar-refractivity contribution in [2.75, 3.05) is 14.7 Å². The summed E-state index contributed by atoms with van der Waals surface area (Å²) in [6.07, 6.45) is 0. The van der Waals surface area contributed by atoms with E-state index in [1.54, 1.807) is 0 Å². The van der Waals surface area contributed by atoms with Gasteiger partial charge in [0.25, 0.3) is 6.71 Å². The van der Waals surface area contributed by atoms with Gasteiger partial charge >= 0.3 is 0 Å². The normalized spacial score (nSPS) is 16.2. The van der Waals surface area contributed by atoms with Crippen molar-refractivity contribution >= 4 is 74.3 Å². The molecule has 2 heterocycles. The second-order valence-electron chi connectivity index (χ2n) is 21.0. The number of fused-ring (bicyclic) bond motifs is 10. The Labute approximate surface area is 409 Å². The van der Waals surface area contributed by atoms with Gasteiger partial charge in [-0.25, -0.2) is 0 Å². The van der Waals surface area contributed by atoms with Crippen molar-refractivity contribution < 1.29 is 6.85 Å². The largest absolute Gasteiger partial charge is 0.311 e. The Hall–Kier alpha value is -7.56. The fourth-order valence-corrected chi connectivity index (χ4v) is 12.1. The molecule has 0 aromatic heterocycles. The first-order chi connectivity index (χ1) is 35.0. The summed E-state index contributed by atoms with van der Waals surface area (Å²) in [5.41, 5.74) is 22.2. The van der Waals surface area contributed by atoms with E-state index < -0.39 is 6.04 Å². The van der Waals surface area contributed by atoms with E-state index in [2.05, 4.69) is 216 Å². The van der Waals surface area contributed by atoms with Crippen LogP contribution >= 0.6 is 0 Å². The predicted molar refractivity (Wildman–Crippen MR) is 289 cm³/mol. The molecule has 0 fully saturated rings. The lowest BCUT2D eigenvalue weighted by atomic mass is 9.33. The SMILES string of the molecule is [2H]c1c([2H])c([2H])c(N(c2ccc(C(C)(C)C)cc2)c2ccc3c(c2)N(c2ccc4c(c2)C(C)(C)c2ccccc2-4)c2cccc4c2B3c2ccccc2N4c2ccc3c(c2)-c2ccccc2C3(C)C)c([2H])c1[2H]. The lowest BCUT2D eigenvalue weighted by Gasteiger charge is -2.44. The van der Waals surface area contributed by atoms with Gasteiger partial charge < -0.3 is 14.7 Å². The number of nitrogens with zero attached hydrogens (tertiary/aromatic N) is 3. The molecule has 68 heavy (non-hydrogen) atoms. The van der Waals surface area contributed by atoms with E-state index in [0.717, 1.165) is 45.2 Å². The molecule has 2 aliphatic carbocycles. The molecular formula is C64H54BN3. The number of benzene rings is 9. The molecule has 4 aliphatic rings. The lowest BCUT2D eigenvalue weighted by molar-refractivity contribution is 0.590. The Kier molecular flexibility index (Phi) is 7.58. The van der Waals surface area contributed by atoms with Gasteiger partial charge in [-0.05, 0) is 151 Å². The van der Waals surface area contributed by atoms with Crippen LogP contribution in [0.15, 0.2) is 200 Å². The van der Waals surface area contributed by atoms with Gasteiger partial charge in [-0.15, -0.1) is 0 Å². The van der Waals surface area contributed by atoms with Gasteiger partial charge in [-0.3, -0.25) is 0 Å². The van der Waals surface area contributed by atoms with Gasteiger partial charge in [0.2, 0.25) is 0 Å². The van der Waals surface area contributed by atoms with Crippen LogP contribution in [-0.4, -0.2) is 6.71 Å². The van der Waals surface area contributed by atoms with Crippen LogP contribution in [0.25, 0.3) is 22.3 Å². The molecule has 0 spiro atoms. The van der Waals surface area contributed by atoms with E-state index >= 15 is 0 Å². The monoisotopic (exact) mass is 880 g/mol. The molecule has 0 unspecified atom stereocenters. The highest BCUT2D eigenvalue weighted by atomic mass is 15.2. The lowest BCUT2D eigenvalue weighted by Crippen LogP contribution is -2.61. The number of anilines is 9. The maximum absolute atomic E-state index is 9.36. The second kappa shape index (κ2) is 14.5. The van der Waals surface area contributed by atoms with E-state index in [1.807, 2.05) is 17.0 Å². The van der Waals surface area contributed by atoms with Crippen LogP contribution in [0.5, 0.6) is 0 Å². The molecule has 0 amide bonds. The molecule has 0 atom stereocenters. The second-order valence-corrected chi connectivity index (χ2v) is 21.0. The van der Waals surface area contributed by atoms with Crippen molar-refractivity contribution in [3.63, 3.8) is 0 Å². The molecule has 13 rings (SSSR count). The van der Waals surface area contributed by atoms with Gasteiger partial charge in [0.05, 0.1) is 6.85 Å². The summed E-state index contributed by atoms with van der Waals surface area (Å²) < 4.78 is 45.0. The number of hydrogen-bond donors (Lipinski definition) is 0. The molecule has 0 saturated carbocycles. The van der Waals surface area contributed by atoms with E-state index in [4.69, 9.17) is 4.11 Å². The fraction of sp³-hybridized carbons (Fsp3) is 0.156. The zero-order chi connectivity index (χ0) is 50.6. The number of rotatable bonds is 5. The van der Waals surface area contributed by atoms with Crippen LogP contribution in [0, 0.1) is 0 Å². The van der Waals surface area contributed by atoms with Crippen LogP contribution in [0.4, 0.5) is 51.2 Å². The zero-order valence-corrected chi connectivity index (χ0v) is 39.6. The maximum Gasteiger partial charge on any atom is 0.252 e. The minimum Gasteiger partial charge on any atom is -0.311 e. The zero-order valence-electron chi connectivity index (χ0n) is 44.6. The molecule has 2 aliphatic heterocycles. The smallest absolute Gasteiger partial charge is 0.252 e. The topological polar surface area (TPSA) is 9.72 Å². The standard InChI is InChI=1S/C64H54BN3/c1-62(2,3)41-28-30-43(31-29-41)66(42-18-9-8-10-19-42)46-34-37-56-60(40-46)68(45-32-35-49-47-20-11-13-22-51(47)64(6,7)54(49)39-45)59-27-17-26-58-61(59)65(56)55-24-15-16-25-57(55)67(58)44-33-36-53-50(38-44)48-21-12-14-23-52(48)63(53,4)5/h8-40H,1-7H3/i8D,9D,10D,18D,19D. The Balaban J connectivity index is 1.07. The molecule has 0 N–H and O–H groups in total. The molecular weight excluding hydrogens is 822 g/mol. The number of para-hydroxylation sites is 2. The van der Waals surface area contributed by atoms with E-state index in [-0.39, 0.29) is 52.8 Å². The van der Waals surface area contributed by atoms with Crippen LogP contribution in [-0.2, 0) is 16.2 Å². The summed E-state index contributed by atoms with van der Waals surface area (Å²) in [6.45, 7) is 15.6. The molecule has 0 radical (unpaired) electrons. The third-order valence-electron chi connectivity index (χ3n) is 15.5. The average molecular weight is 881 g/mol. The summed E-state index contributed by atoms with van der Waals surface area (Å²) >= 11 is 0. The Morgan fingerprint density at radius 1 is 0.441 bits per heavy atom. The average Bonchev–Trinajstić information content (AvgIpc) is 3.77. The highest BCUT2D eigenvalue weighted by molar-refractivity contribution is 7.00. The molecule has 0 saturated heterocycles. The highest BCUT2D eigenvalue weighted by Crippen LogP contribution is 2.54. The number of hydrogen-bond acceptors (Lipinski definition) is 3. The summed E-state index contributed by atoms with van der Waals surface area (Å²) in [6, 6.07) is 59.9. The minimum absolute atomic E-state index is 0.0931. The van der Waals surface area contributed by atoms with Crippen LogP contribution < -0.4 is 31.1 Å². The maximum atomic E-state index is 9.36. The van der Waals surface area contributed by atoms with Gasteiger partial charge in [0, 0.05) is 62.0 Å². The van der Waals surface area contributed by atoms with Crippen LogP contribution in [0.3, 0.4) is 0 Å². The fourth-order valence-electron chi connectivity index (χ4n) is 12.1. The van der Waals surface area contributed by atoms with Crippen LogP contribution in [0.1, 0.15) is 83.1 Å². The van der Waals surface area contributed by atoms with Crippen molar-refractivity contribution in [3.05, 3.63) is 228 Å². The van der Waals surface area contributed by atoms with Gasteiger partial charge in [0.1, 0.15) is 0 Å². The quantitative estimate of drug-likeness (QED) is 0.160. The van der Waals surface area contributed by atoms with Crippen molar-refractivity contribution in [3.8, 4) is 22.3 Å². The molecule has 3 nitrogen and oxygen atoms in total. The summed E-state index contributed by atoms with van der Waals surface area (Å²) in [7, 11) is 0. The Morgan fingerprint density at radius 2 is 0.985 bits per heavy atom. The third-order valence-corrected chi connectivity index (χ3v) is 15.5. The summed E-state index contributed by atoms with van der Waals surface area (Å²) in [5.74, 6) is 0.